The van der Waals surface area contributed by atoms with Crippen LogP contribution >= 0.6 is 0 Å². The first-order chi connectivity index (χ1) is 16.1. The molecule has 1 aliphatic heterocycles. The Bertz CT molecular complexity index is 1140. The normalized spacial score (nSPS) is 16.4. The third-order valence-electron chi connectivity index (χ3n) is 6.39. The Kier molecular flexibility index (Phi) is 7.04. The van der Waals surface area contributed by atoms with Crippen molar-refractivity contribution in [2.24, 2.45) is 5.92 Å². The van der Waals surface area contributed by atoms with E-state index in [-0.39, 0.29) is 11.7 Å². The molecule has 0 bridgehead atoms. The Hall–Kier alpha value is -3.25. The van der Waals surface area contributed by atoms with Crippen molar-refractivity contribution in [2.45, 2.75) is 19.4 Å². The zero-order chi connectivity index (χ0) is 23.4. The van der Waals surface area contributed by atoms with E-state index in [0.717, 1.165) is 53.6 Å². The highest BCUT2D eigenvalue weighted by molar-refractivity contribution is 6.01. The zero-order valence-corrected chi connectivity index (χ0v) is 19.7. The summed E-state index contributed by atoms with van der Waals surface area (Å²) in [6, 6.07) is 15.7. The van der Waals surface area contributed by atoms with Gasteiger partial charge in [-0.3, -0.25) is 9.69 Å². The first-order valence-electron chi connectivity index (χ1n) is 11.2. The molecule has 33 heavy (non-hydrogen) atoms. The van der Waals surface area contributed by atoms with Crippen LogP contribution in [0.1, 0.15) is 28.8 Å². The smallest absolute Gasteiger partial charge is 0.203 e. The van der Waals surface area contributed by atoms with Gasteiger partial charge in [-0.25, -0.2) is 0 Å². The molecule has 0 aromatic heterocycles. The molecule has 174 valence electrons. The summed E-state index contributed by atoms with van der Waals surface area (Å²) >= 11 is 0. The third-order valence-corrected chi connectivity index (χ3v) is 6.39. The molecule has 0 spiro atoms. The summed E-state index contributed by atoms with van der Waals surface area (Å²) in [4.78, 5) is 15.7. The number of Topliss-reactive ketones (excluding diaryl/α,β-unsaturated/α-hetero) is 1. The summed E-state index contributed by atoms with van der Waals surface area (Å²) in [5, 5.41) is 2.11. The standard InChI is InChI=1S/C27H31NO5/c1-30-23-11-9-18-14-20(8-7-19(18)15-23)25(29)21-6-5-13-28(16-21)17-22-10-12-24(31-2)27(33-4)26(22)32-3/h7-12,14-15,21H,5-6,13,16-17H2,1-4H3. The minimum atomic E-state index is -0.0272. The van der Waals surface area contributed by atoms with Crippen molar-refractivity contribution in [3.63, 3.8) is 0 Å². The van der Waals surface area contributed by atoms with Gasteiger partial charge in [0.2, 0.25) is 5.75 Å². The maximum atomic E-state index is 13.4. The molecule has 6 heteroatoms. The van der Waals surface area contributed by atoms with Crippen molar-refractivity contribution in [3.8, 4) is 23.0 Å². The summed E-state index contributed by atoms with van der Waals surface area (Å²) in [5.41, 5.74) is 1.78. The van der Waals surface area contributed by atoms with Crippen LogP contribution in [0.3, 0.4) is 0 Å². The van der Waals surface area contributed by atoms with E-state index < -0.39 is 0 Å². The van der Waals surface area contributed by atoms with Crippen LogP contribution in [-0.2, 0) is 6.54 Å². The predicted molar refractivity (Wildman–Crippen MR) is 129 cm³/mol. The second kappa shape index (κ2) is 10.1. The second-order valence-corrected chi connectivity index (χ2v) is 8.36. The lowest BCUT2D eigenvalue weighted by Crippen LogP contribution is -2.38. The van der Waals surface area contributed by atoms with E-state index in [0.29, 0.717) is 23.8 Å². The monoisotopic (exact) mass is 449 g/mol. The van der Waals surface area contributed by atoms with E-state index in [4.69, 9.17) is 18.9 Å². The van der Waals surface area contributed by atoms with Gasteiger partial charge in [0.15, 0.2) is 17.3 Å². The number of nitrogens with zero attached hydrogens (tertiary/aromatic N) is 1. The highest BCUT2D eigenvalue weighted by atomic mass is 16.5. The van der Waals surface area contributed by atoms with Crippen LogP contribution in [0.25, 0.3) is 10.8 Å². The fourth-order valence-electron chi connectivity index (χ4n) is 4.68. The molecule has 0 N–H and O–H groups in total. The number of hydrogen-bond acceptors (Lipinski definition) is 6. The molecule has 0 radical (unpaired) electrons. The SMILES string of the molecule is COc1ccc2cc(C(=O)C3CCCN(Cc4ccc(OC)c(OC)c4OC)C3)ccc2c1. The van der Waals surface area contributed by atoms with Gasteiger partial charge in [0.25, 0.3) is 0 Å². The maximum Gasteiger partial charge on any atom is 0.203 e. The number of rotatable bonds is 8. The van der Waals surface area contributed by atoms with E-state index >= 15 is 0 Å². The van der Waals surface area contributed by atoms with E-state index in [1.807, 2.05) is 48.5 Å². The van der Waals surface area contributed by atoms with E-state index in [2.05, 4.69) is 4.90 Å². The highest BCUT2D eigenvalue weighted by Crippen LogP contribution is 2.40. The van der Waals surface area contributed by atoms with Crippen molar-refractivity contribution in [2.75, 3.05) is 41.5 Å². The summed E-state index contributed by atoms with van der Waals surface area (Å²) in [7, 11) is 6.52. The number of benzene rings is 3. The molecule has 1 heterocycles. The predicted octanol–water partition coefficient (Wildman–Crippen LogP) is 4.97. The lowest BCUT2D eigenvalue weighted by atomic mass is 9.89. The van der Waals surface area contributed by atoms with Crippen LogP contribution in [0.15, 0.2) is 48.5 Å². The van der Waals surface area contributed by atoms with Crippen LogP contribution in [0.2, 0.25) is 0 Å². The van der Waals surface area contributed by atoms with Gasteiger partial charge in [0.1, 0.15) is 5.75 Å². The first kappa shape index (κ1) is 22.9. The van der Waals surface area contributed by atoms with E-state index in [1.165, 1.54) is 0 Å². The summed E-state index contributed by atoms with van der Waals surface area (Å²) in [6.45, 7) is 2.35. The van der Waals surface area contributed by atoms with E-state index in [1.54, 1.807) is 28.4 Å². The Morgan fingerprint density at radius 3 is 2.36 bits per heavy atom. The van der Waals surface area contributed by atoms with Crippen LogP contribution in [0, 0.1) is 5.92 Å². The molecule has 6 nitrogen and oxygen atoms in total. The number of methoxy groups -OCH3 is 4. The van der Waals surface area contributed by atoms with Crippen LogP contribution < -0.4 is 18.9 Å². The largest absolute Gasteiger partial charge is 0.497 e. The topological polar surface area (TPSA) is 57.2 Å². The molecule has 1 aliphatic rings. The average Bonchev–Trinajstić information content (AvgIpc) is 2.87. The Balaban J connectivity index is 1.51. The molecule has 1 unspecified atom stereocenters. The fourth-order valence-corrected chi connectivity index (χ4v) is 4.68. The van der Waals surface area contributed by atoms with Crippen LogP contribution in [0.4, 0.5) is 0 Å². The van der Waals surface area contributed by atoms with Crippen LogP contribution in [-0.4, -0.2) is 52.2 Å². The van der Waals surface area contributed by atoms with Gasteiger partial charge in [-0.1, -0.05) is 24.3 Å². The molecule has 3 aromatic carbocycles. The van der Waals surface area contributed by atoms with Gasteiger partial charge < -0.3 is 18.9 Å². The van der Waals surface area contributed by atoms with Gasteiger partial charge >= 0.3 is 0 Å². The average molecular weight is 450 g/mol. The maximum absolute atomic E-state index is 13.4. The fraction of sp³-hybridized carbons (Fsp3) is 0.370. The number of hydrogen-bond donors (Lipinski definition) is 0. The molecule has 0 amide bonds. The number of ketones is 1. The third kappa shape index (κ3) is 4.76. The summed E-state index contributed by atoms with van der Waals surface area (Å²) < 4.78 is 21.9. The van der Waals surface area contributed by atoms with Gasteiger partial charge in [-0.15, -0.1) is 0 Å². The van der Waals surface area contributed by atoms with Crippen LogP contribution in [0.5, 0.6) is 23.0 Å². The van der Waals surface area contributed by atoms with Crippen molar-refractivity contribution < 1.29 is 23.7 Å². The lowest BCUT2D eigenvalue weighted by molar-refractivity contribution is 0.0810. The molecule has 1 saturated heterocycles. The van der Waals surface area contributed by atoms with Crippen molar-refractivity contribution >= 4 is 16.6 Å². The molecule has 1 atom stereocenters. The van der Waals surface area contributed by atoms with Gasteiger partial charge in [-0.2, -0.15) is 0 Å². The van der Waals surface area contributed by atoms with Crippen molar-refractivity contribution in [1.82, 2.24) is 4.90 Å². The lowest BCUT2D eigenvalue weighted by Gasteiger charge is -2.32. The molecular formula is C27H31NO5. The molecule has 0 saturated carbocycles. The Morgan fingerprint density at radius 1 is 0.879 bits per heavy atom. The van der Waals surface area contributed by atoms with Gasteiger partial charge in [-0.05, 0) is 54.4 Å². The number of piperidine rings is 1. The number of fused-ring (bicyclic) bond motifs is 1. The zero-order valence-electron chi connectivity index (χ0n) is 19.7. The Morgan fingerprint density at radius 2 is 1.64 bits per heavy atom. The molecular weight excluding hydrogens is 418 g/mol. The Labute approximate surface area is 195 Å². The number of ether oxygens (including phenoxy) is 4. The highest BCUT2D eigenvalue weighted by Gasteiger charge is 2.28. The van der Waals surface area contributed by atoms with Crippen molar-refractivity contribution in [1.29, 1.82) is 0 Å². The second-order valence-electron chi connectivity index (χ2n) is 8.36. The van der Waals surface area contributed by atoms with Gasteiger partial charge in [0, 0.05) is 30.1 Å². The quantitative estimate of drug-likeness (QED) is 0.453. The minimum absolute atomic E-state index is 0.0272. The molecule has 1 fully saturated rings. The number of carbonyl (C=O) groups is 1. The van der Waals surface area contributed by atoms with Gasteiger partial charge in [0.05, 0.1) is 28.4 Å². The summed E-state index contributed by atoms with van der Waals surface area (Å²) in [6.07, 6.45) is 1.88. The van der Waals surface area contributed by atoms with Crippen molar-refractivity contribution in [3.05, 3.63) is 59.7 Å². The minimum Gasteiger partial charge on any atom is -0.497 e. The number of carbonyl (C=O) groups excluding carboxylic acids is 1. The molecule has 3 aromatic rings. The van der Waals surface area contributed by atoms with E-state index in [9.17, 15) is 4.79 Å². The number of likely N-dealkylation sites (tertiary alicyclic amines) is 1. The summed E-state index contributed by atoms with van der Waals surface area (Å²) in [5.74, 6) is 2.90. The molecule has 0 aliphatic carbocycles. The molecule has 4 rings (SSSR count). The first-order valence-corrected chi connectivity index (χ1v) is 11.2.